The highest BCUT2D eigenvalue weighted by Gasteiger charge is 2.00. The van der Waals surface area contributed by atoms with E-state index in [-0.39, 0.29) is 0 Å². The Morgan fingerprint density at radius 2 is 2.00 bits per heavy atom. The molecule has 0 aliphatic heterocycles. The molecule has 7 heteroatoms. The van der Waals surface area contributed by atoms with Crippen LogP contribution in [-0.4, -0.2) is 43.7 Å². The minimum absolute atomic E-state index is 0.478. The fraction of sp³-hybridized carbons (Fsp3) is 0.714. The van der Waals surface area contributed by atoms with Crippen molar-refractivity contribution in [2.24, 2.45) is 0 Å². The zero-order chi connectivity index (χ0) is 10.2. The van der Waals surface area contributed by atoms with Crippen molar-refractivity contribution in [2.75, 3.05) is 33.5 Å². The van der Waals surface area contributed by atoms with Gasteiger partial charge in [-0.1, -0.05) is 5.10 Å². The molecule has 0 aliphatic rings. The second kappa shape index (κ2) is 7.10. The van der Waals surface area contributed by atoms with E-state index in [0.29, 0.717) is 35.5 Å². The van der Waals surface area contributed by atoms with Gasteiger partial charge in [0, 0.05) is 7.11 Å². The second-order valence-electron chi connectivity index (χ2n) is 2.27. The van der Waals surface area contributed by atoms with E-state index in [9.17, 15) is 0 Å². The molecule has 1 aromatic heterocycles. The number of halogens is 1. The van der Waals surface area contributed by atoms with Gasteiger partial charge in [0.1, 0.15) is 6.61 Å². The van der Waals surface area contributed by atoms with E-state index in [2.05, 4.69) is 26.1 Å². The van der Waals surface area contributed by atoms with Gasteiger partial charge in [-0.15, -0.1) is 5.10 Å². The molecule has 0 amide bonds. The number of hydrogen-bond donors (Lipinski definition) is 0. The van der Waals surface area contributed by atoms with Gasteiger partial charge >= 0.3 is 0 Å². The monoisotopic (exact) mass is 282 g/mol. The highest BCUT2D eigenvalue weighted by molar-refractivity contribution is 9.11. The maximum Gasteiger partial charge on any atom is 0.294 e. The van der Waals surface area contributed by atoms with Crippen LogP contribution in [0.1, 0.15) is 0 Å². The van der Waals surface area contributed by atoms with Gasteiger partial charge in [-0.3, -0.25) is 0 Å². The summed E-state index contributed by atoms with van der Waals surface area (Å²) in [5.41, 5.74) is 0. The lowest BCUT2D eigenvalue weighted by Crippen LogP contribution is -2.09. The van der Waals surface area contributed by atoms with Gasteiger partial charge in [0.25, 0.3) is 5.19 Å². The Bertz CT molecular complexity index is 259. The first kappa shape index (κ1) is 11.8. The number of hydrogen-bond acceptors (Lipinski definition) is 6. The third-order valence-corrected chi connectivity index (χ3v) is 2.54. The summed E-state index contributed by atoms with van der Waals surface area (Å²) in [5.74, 6) is 0. The number of aromatic nitrogens is 2. The van der Waals surface area contributed by atoms with E-state index in [1.54, 1.807) is 7.11 Å². The molecular weight excluding hydrogens is 272 g/mol. The molecule has 0 radical (unpaired) electrons. The lowest BCUT2D eigenvalue weighted by atomic mass is 10.7. The van der Waals surface area contributed by atoms with E-state index in [1.807, 2.05) is 0 Å². The van der Waals surface area contributed by atoms with Gasteiger partial charge in [-0.25, -0.2) is 0 Å². The third-order valence-electron chi connectivity index (χ3n) is 1.27. The van der Waals surface area contributed by atoms with Crippen molar-refractivity contribution >= 4 is 27.3 Å². The van der Waals surface area contributed by atoms with Gasteiger partial charge in [0.2, 0.25) is 0 Å². The van der Waals surface area contributed by atoms with Crippen molar-refractivity contribution in [3.63, 3.8) is 0 Å². The molecule has 1 rings (SSSR count). The number of ether oxygens (including phenoxy) is 3. The predicted octanol–water partition coefficient (Wildman–Crippen LogP) is 1.34. The molecule has 1 heterocycles. The highest BCUT2D eigenvalue weighted by Crippen LogP contribution is 2.21. The highest BCUT2D eigenvalue weighted by atomic mass is 79.9. The van der Waals surface area contributed by atoms with E-state index >= 15 is 0 Å². The fourth-order valence-corrected chi connectivity index (χ4v) is 1.63. The summed E-state index contributed by atoms with van der Waals surface area (Å²) in [4.78, 5) is 0. The average Bonchev–Trinajstić information content (AvgIpc) is 2.58. The standard InChI is InChI=1S/C7H11BrN2O3S/c1-11-2-3-12-4-5-13-7-10-9-6(8)14-7/h2-5H2,1H3. The van der Waals surface area contributed by atoms with Crippen molar-refractivity contribution < 1.29 is 14.2 Å². The van der Waals surface area contributed by atoms with Crippen LogP contribution >= 0.6 is 27.3 Å². The van der Waals surface area contributed by atoms with Crippen LogP contribution in [0.5, 0.6) is 5.19 Å². The molecule has 0 atom stereocenters. The van der Waals surface area contributed by atoms with Crippen molar-refractivity contribution in [3.05, 3.63) is 3.92 Å². The molecule has 1 aromatic rings. The van der Waals surface area contributed by atoms with Gasteiger partial charge in [-0.05, 0) is 27.3 Å². The number of nitrogens with zero attached hydrogens (tertiary/aromatic N) is 2. The van der Waals surface area contributed by atoms with Gasteiger partial charge < -0.3 is 14.2 Å². The van der Waals surface area contributed by atoms with Crippen LogP contribution in [0.15, 0.2) is 3.92 Å². The van der Waals surface area contributed by atoms with Crippen LogP contribution in [0.4, 0.5) is 0 Å². The van der Waals surface area contributed by atoms with E-state index < -0.39 is 0 Å². The Labute approximate surface area is 94.5 Å². The molecule has 0 N–H and O–H groups in total. The predicted molar refractivity (Wildman–Crippen MR) is 55.8 cm³/mol. The molecule has 0 saturated carbocycles. The average molecular weight is 283 g/mol. The Morgan fingerprint density at radius 3 is 2.64 bits per heavy atom. The lowest BCUT2D eigenvalue weighted by molar-refractivity contribution is 0.0543. The smallest absolute Gasteiger partial charge is 0.294 e. The zero-order valence-electron chi connectivity index (χ0n) is 7.73. The molecule has 0 aromatic carbocycles. The molecule has 0 fully saturated rings. The normalized spacial score (nSPS) is 10.4. The quantitative estimate of drug-likeness (QED) is 0.707. The molecule has 0 unspecified atom stereocenters. The summed E-state index contributed by atoms with van der Waals surface area (Å²) in [6, 6.07) is 0. The first-order chi connectivity index (χ1) is 6.83. The summed E-state index contributed by atoms with van der Waals surface area (Å²) in [6.45, 7) is 2.19. The van der Waals surface area contributed by atoms with Gasteiger partial charge in [-0.2, -0.15) is 0 Å². The summed E-state index contributed by atoms with van der Waals surface area (Å²) < 4.78 is 16.0. The van der Waals surface area contributed by atoms with E-state index in [0.717, 1.165) is 0 Å². The summed E-state index contributed by atoms with van der Waals surface area (Å²) in [6.07, 6.45) is 0. The first-order valence-corrected chi connectivity index (χ1v) is 5.62. The van der Waals surface area contributed by atoms with E-state index in [4.69, 9.17) is 14.2 Å². The van der Waals surface area contributed by atoms with E-state index in [1.165, 1.54) is 11.3 Å². The van der Waals surface area contributed by atoms with Crippen LogP contribution < -0.4 is 4.74 Å². The summed E-state index contributed by atoms with van der Waals surface area (Å²) in [7, 11) is 1.64. The Morgan fingerprint density at radius 1 is 1.21 bits per heavy atom. The molecule has 0 saturated heterocycles. The second-order valence-corrected chi connectivity index (χ2v) is 4.49. The molecule has 0 bridgehead atoms. The summed E-state index contributed by atoms with van der Waals surface area (Å²) >= 11 is 4.54. The van der Waals surface area contributed by atoms with Gasteiger partial charge in [0.15, 0.2) is 3.92 Å². The maximum absolute atomic E-state index is 5.26. The largest absolute Gasteiger partial charge is 0.466 e. The Balaban J connectivity index is 1.99. The molecule has 5 nitrogen and oxygen atoms in total. The van der Waals surface area contributed by atoms with Crippen LogP contribution in [-0.2, 0) is 9.47 Å². The maximum atomic E-state index is 5.26. The molecular formula is C7H11BrN2O3S. The SMILES string of the molecule is COCCOCCOc1nnc(Br)s1. The van der Waals surface area contributed by atoms with Crippen LogP contribution in [0.3, 0.4) is 0 Å². The van der Waals surface area contributed by atoms with Crippen molar-refractivity contribution in [1.82, 2.24) is 10.2 Å². The minimum Gasteiger partial charge on any atom is -0.466 e. The molecule has 0 aliphatic carbocycles. The summed E-state index contributed by atoms with van der Waals surface area (Å²) in [5, 5.41) is 8.06. The van der Waals surface area contributed by atoms with Crippen molar-refractivity contribution in [1.29, 1.82) is 0 Å². The van der Waals surface area contributed by atoms with Crippen molar-refractivity contribution in [2.45, 2.75) is 0 Å². The number of rotatable bonds is 7. The Kier molecular flexibility index (Phi) is 6.00. The Hall–Kier alpha value is -0.240. The topological polar surface area (TPSA) is 53.5 Å². The fourth-order valence-electron chi connectivity index (χ4n) is 0.684. The first-order valence-electron chi connectivity index (χ1n) is 4.01. The van der Waals surface area contributed by atoms with Crippen LogP contribution in [0.2, 0.25) is 0 Å². The molecule has 14 heavy (non-hydrogen) atoms. The number of methoxy groups -OCH3 is 1. The van der Waals surface area contributed by atoms with Crippen molar-refractivity contribution in [3.8, 4) is 5.19 Å². The van der Waals surface area contributed by atoms with Crippen LogP contribution in [0.25, 0.3) is 0 Å². The zero-order valence-corrected chi connectivity index (χ0v) is 10.1. The molecule has 80 valence electrons. The lowest BCUT2D eigenvalue weighted by Gasteiger charge is -2.03. The van der Waals surface area contributed by atoms with Crippen LogP contribution in [0, 0.1) is 0 Å². The third kappa shape index (κ3) is 4.85. The minimum atomic E-state index is 0.478. The molecule has 0 spiro atoms. The van der Waals surface area contributed by atoms with Gasteiger partial charge in [0.05, 0.1) is 19.8 Å².